The van der Waals surface area contributed by atoms with Crippen molar-refractivity contribution < 1.29 is 29.3 Å². The van der Waals surface area contributed by atoms with Gasteiger partial charge in [0.2, 0.25) is 0 Å². The van der Waals surface area contributed by atoms with Gasteiger partial charge in [-0.15, -0.1) is 0 Å². The first-order valence-electron chi connectivity index (χ1n) is 3.74. The van der Waals surface area contributed by atoms with E-state index in [1.54, 1.807) is 0 Å². The molecule has 0 aromatic heterocycles. The van der Waals surface area contributed by atoms with Gasteiger partial charge >= 0.3 is 0 Å². The summed E-state index contributed by atoms with van der Waals surface area (Å²) < 4.78 is 0. The highest BCUT2D eigenvalue weighted by atomic mass is 127. The van der Waals surface area contributed by atoms with Gasteiger partial charge in [-0.25, -0.2) is 0 Å². The highest BCUT2D eigenvalue weighted by Gasteiger charge is 2.00. The van der Waals surface area contributed by atoms with Crippen LogP contribution < -0.4 is 29.3 Å². The Bertz CT molecular complexity index is 315. The first-order valence-corrected chi connectivity index (χ1v) is 3.74. The number of halogens is 1. The van der Waals surface area contributed by atoms with Crippen molar-refractivity contribution in [3.05, 3.63) is 48.2 Å². The van der Waals surface area contributed by atoms with Gasteiger partial charge in [-0.1, -0.05) is 18.2 Å². The smallest absolute Gasteiger partial charge is 0.141 e. The summed E-state index contributed by atoms with van der Waals surface area (Å²) in [6.07, 6.45) is 8.28. The van der Waals surface area contributed by atoms with E-state index in [-0.39, 0.29) is 24.0 Å². The Labute approximate surface area is 89.2 Å². The van der Waals surface area contributed by atoms with Crippen molar-refractivity contribution in [1.29, 1.82) is 0 Å². The standard InChI is InChI=1S/C10H9N.HI/c1-2-7-10-9(5-1)6-3-4-8-11-10;/h1-8,11H;1H. The highest BCUT2D eigenvalue weighted by Crippen LogP contribution is 2.12. The third kappa shape index (κ3) is 1.95. The number of allylic oxidation sites excluding steroid dienone is 2. The summed E-state index contributed by atoms with van der Waals surface area (Å²) in [6, 6.07) is 8.36. The molecule has 1 aliphatic rings. The van der Waals surface area contributed by atoms with E-state index in [1.165, 1.54) is 11.3 Å². The molecule has 0 atom stereocenters. The molecule has 0 spiro atoms. The lowest BCUT2D eigenvalue weighted by molar-refractivity contribution is -0.496. The summed E-state index contributed by atoms with van der Waals surface area (Å²) >= 11 is 0. The van der Waals surface area contributed by atoms with E-state index in [1.807, 2.05) is 6.08 Å². The van der Waals surface area contributed by atoms with Crippen LogP contribution in [0, 0.1) is 0 Å². The normalized spacial score (nSPS) is 13.0. The molecule has 0 aliphatic carbocycles. The quantitative estimate of drug-likeness (QED) is 0.433. The molecule has 1 aromatic carbocycles. The molecule has 1 aromatic rings. The molecule has 0 fully saturated rings. The van der Waals surface area contributed by atoms with Gasteiger partial charge in [-0.3, -0.25) is 5.32 Å². The Morgan fingerprint density at radius 1 is 1.00 bits per heavy atom. The summed E-state index contributed by atoms with van der Waals surface area (Å²) in [7, 11) is 0. The van der Waals surface area contributed by atoms with Crippen molar-refractivity contribution in [3.8, 4) is 0 Å². The predicted molar refractivity (Wildman–Crippen MR) is 46.2 cm³/mol. The molecule has 0 saturated heterocycles. The lowest BCUT2D eigenvalue weighted by atomic mass is 10.2. The van der Waals surface area contributed by atoms with Crippen molar-refractivity contribution in [2.45, 2.75) is 0 Å². The van der Waals surface area contributed by atoms with Crippen LogP contribution in [-0.2, 0) is 0 Å². The Morgan fingerprint density at radius 2 is 1.83 bits per heavy atom. The molecule has 1 nitrogen and oxygen atoms in total. The van der Waals surface area contributed by atoms with Crippen LogP contribution in [0.15, 0.2) is 42.6 Å². The molecule has 1 aliphatic heterocycles. The molecule has 0 bridgehead atoms. The van der Waals surface area contributed by atoms with Crippen molar-refractivity contribution in [1.82, 2.24) is 0 Å². The van der Waals surface area contributed by atoms with E-state index in [9.17, 15) is 0 Å². The van der Waals surface area contributed by atoms with Crippen molar-refractivity contribution in [2.75, 3.05) is 0 Å². The SMILES string of the molecule is C1=C[NH2+]c2ccccc2C=C1.[I-]. The summed E-state index contributed by atoms with van der Waals surface area (Å²) in [5, 5.41) is 2.12. The molecule has 2 N–H and O–H groups in total. The maximum Gasteiger partial charge on any atom is 0.141 e. The number of para-hydroxylation sites is 1. The highest BCUT2D eigenvalue weighted by molar-refractivity contribution is 5.61. The molecule has 2 heteroatoms. The van der Waals surface area contributed by atoms with Crippen LogP contribution in [0.1, 0.15) is 5.56 Å². The van der Waals surface area contributed by atoms with E-state index in [4.69, 9.17) is 0 Å². The van der Waals surface area contributed by atoms with Crippen LogP contribution in [0.3, 0.4) is 0 Å². The molecule has 0 unspecified atom stereocenters. The van der Waals surface area contributed by atoms with Crippen molar-refractivity contribution >= 4 is 11.8 Å². The van der Waals surface area contributed by atoms with Crippen LogP contribution in [0.2, 0.25) is 0 Å². The molecular formula is C10H10IN. The van der Waals surface area contributed by atoms with Gasteiger partial charge in [0.1, 0.15) is 5.69 Å². The maximum absolute atomic E-state index is 2.12. The zero-order valence-electron chi connectivity index (χ0n) is 6.57. The predicted octanol–water partition coefficient (Wildman–Crippen LogP) is -1.57. The lowest BCUT2D eigenvalue weighted by Crippen LogP contribution is -3.00. The van der Waals surface area contributed by atoms with Crippen LogP contribution >= 0.6 is 0 Å². The zero-order valence-corrected chi connectivity index (χ0v) is 8.73. The first kappa shape index (κ1) is 9.48. The van der Waals surface area contributed by atoms with E-state index in [0.29, 0.717) is 0 Å². The minimum absolute atomic E-state index is 0. The van der Waals surface area contributed by atoms with E-state index in [2.05, 4.69) is 47.9 Å². The number of rotatable bonds is 0. The summed E-state index contributed by atoms with van der Waals surface area (Å²) in [5.74, 6) is 0. The Kier molecular flexibility index (Phi) is 3.49. The number of quaternary nitrogens is 1. The maximum atomic E-state index is 2.12. The second-order valence-electron chi connectivity index (χ2n) is 2.54. The largest absolute Gasteiger partial charge is 1.00 e. The fourth-order valence-corrected chi connectivity index (χ4v) is 1.20. The summed E-state index contributed by atoms with van der Waals surface area (Å²) in [6.45, 7) is 0. The topological polar surface area (TPSA) is 16.6 Å². The van der Waals surface area contributed by atoms with Crippen molar-refractivity contribution in [3.63, 3.8) is 0 Å². The average Bonchev–Trinajstić information content (AvgIpc) is 2.28. The van der Waals surface area contributed by atoms with Gasteiger partial charge in [0, 0.05) is 11.6 Å². The number of benzene rings is 1. The van der Waals surface area contributed by atoms with E-state index in [0.717, 1.165) is 0 Å². The van der Waals surface area contributed by atoms with Gasteiger partial charge in [-0.2, -0.15) is 0 Å². The van der Waals surface area contributed by atoms with Gasteiger partial charge < -0.3 is 24.0 Å². The van der Waals surface area contributed by atoms with Crippen LogP contribution in [0.25, 0.3) is 6.08 Å². The van der Waals surface area contributed by atoms with Gasteiger partial charge in [0.05, 0.1) is 6.20 Å². The monoisotopic (exact) mass is 271 g/mol. The fraction of sp³-hybridized carbons (Fsp3) is 0. The summed E-state index contributed by atoms with van der Waals surface area (Å²) in [5.41, 5.74) is 2.58. The van der Waals surface area contributed by atoms with Crippen LogP contribution in [-0.4, -0.2) is 0 Å². The molecule has 0 amide bonds. The van der Waals surface area contributed by atoms with E-state index >= 15 is 0 Å². The average molecular weight is 271 g/mol. The number of hydrogen-bond donors (Lipinski definition) is 1. The second-order valence-corrected chi connectivity index (χ2v) is 2.54. The molecule has 2 rings (SSSR count). The molecular weight excluding hydrogens is 261 g/mol. The Morgan fingerprint density at radius 3 is 2.75 bits per heavy atom. The van der Waals surface area contributed by atoms with Crippen LogP contribution in [0.5, 0.6) is 0 Å². The third-order valence-electron chi connectivity index (χ3n) is 1.77. The molecule has 62 valence electrons. The number of fused-ring (bicyclic) bond motifs is 1. The van der Waals surface area contributed by atoms with Gasteiger partial charge in [-0.05, 0) is 18.2 Å². The van der Waals surface area contributed by atoms with Crippen molar-refractivity contribution in [2.24, 2.45) is 0 Å². The van der Waals surface area contributed by atoms with Crippen LogP contribution in [0.4, 0.5) is 5.69 Å². The van der Waals surface area contributed by atoms with Gasteiger partial charge in [0.25, 0.3) is 0 Å². The molecule has 12 heavy (non-hydrogen) atoms. The summed E-state index contributed by atoms with van der Waals surface area (Å²) in [4.78, 5) is 0. The Balaban J connectivity index is 0.000000720. The molecule has 0 saturated carbocycles. The minimum Gasteiger partial charge on any atom is -1.00 e. The third-order valence-corrected chi connectivity index (χ3v) is 1.77. The molecule has 0 radical (unpaired) electrons. The number of nitrogens with two attached hydrogens (primary N) is 1. The minimum atomic E-state index is 0. The first-order chi connectivity index (χ1) is 5.47. The lowest BCUT2D eigenvalue weighted by Gasteiger charge is -1.96. The van der Waals surface area contributed by atoms with Gasteiger partial charge in [0.15, 0.2) is 0 Å². The second kappa shape index (κ2) is 4.42. The van der Waals surface area contributed by atoms with E-state index < -0.39 is 0 Å². The Hall–Kier alpha value is -0.610. The fourth-order valence-electron chi connectivity index (χ4n) is 1.20. The zero-order chi connectivity index (χ0) is 7.52. The number of hydrogen-bond acceptors (Lipinski definition) is 0. The molecule has 1 heterocycles.